The Labute approximate surface area is 127 Å². The SMILES string of the molecule is CC1CCCC(C)N1NC(=O)c1cccc(Br)c1Cl. The summed E-state index contributed by atoms with van der Waals surface area (Å²) < 4.78 is 0.738. The maximum Gasteiger partial charge on any atom is 0.267 e. The molecule has 1 aromatic rings. The monoisotopic (exact) mass is 344 g/mol. The molecule has 1 heterocycles. The van der Waals surface area contributed by atoms with Crippen molar-refractivity contribution in [2.24, 2.45) is 0 Å². The maximum atomic E-state index is 12.3. The Hall–Kier alpha value is -0.580. The Bertz CT molecular complexity index is 471. The highest BCUT2D eigenvalue weighted by Crippen LogP contribution is 2.26. The topological polar surface area (TPSA) is 32.3 Å². The summed E-state index contributed by atoms with van der Waals surface area (Å²) in [4.78, 5) is 12.3. The standard InChI is InChI=1S/C14H18BrClN2O/c1-9-5-3-6-10(2)18(9)17-14(19)11-7-4-8-12(15)13(11)16/h4,7-10H,3,5-6H2,1-2H3,(H,17,19). The number of piperidine rings is 1. The lowest BCUT2D eigenvalue weighted by atomic mass is 10.00. The van der Waals surface area contributed by atoms with Gasteiger partial charge >= 0.3 is 0 Å². The summed E-state index contributed by atoms with van der Waals surface area (Å²) in [5, 5.41) is 2.50. The molecule has 1 saturated heterocycles. The van der Waals surface area contributed by atoms with Crippen molar-refractivity contribution in [1.82, 2.24) is 10.4 Å². The van der Waals surface area contributed by atoms with Crippen molar-refractivity contribution in [1.29, 1.82) is 0 Å². The van der Waals surface area contributed by atoms with Gasteiger partial charge in [0.05, 0.1) is 10.6 Å². The summed E-state index contributed by atoms with van der Waals surface area (Å²) >= 11 is 9.49. The number of rotatable bonds is 2. The van der Waals surface area contributed by atoms with Crippen molar-refractivity contribution < 1.29 is 4.79 Å². The quantitative estimate of drug-likeness (QED) is 0.878. The molecule has 104 valence electrons. The van der Waals surface area contributed by atoms with Crippen molar-refractivity contribution in [3.63, 3.8) is 0 Å². The zero-order valence-electron chi connectivity index (χ0n) is 11.1. The van der Waals surface area contributed by atoms with Gasteiger partial charge in [0.2, 0.25) is 0 Å². The summed E-state index contributed by atoms with van der Waals surface area (Å²) in [6.07, 6.45) is 3.43. The molecule has 0 aromatic heterocycles. The molecule has 0 aliphatic carbocycles. The largest absolute Gasteiger partial charge is 0.284 e. The van der Waals surface area contributed by atoms with E-state index in [0.717, 1.165) is 17.3 Å². The van der Waals surface area contributed by atoms with Gasteiger partial charge in [-0.15, -0.1) is 0 Å². The molecule has 0 saturated carbocycles. The average Bonchev–Trinajstić information content (AvgIpc) is 2.37. The van der Waals surface area contributed by atoms with Crippen LogP contribution in [0, 0.1) is 0 Å². The molecule has 2 atom stereocenters. The van der Waals surface area contributed by atoms with Gasteiger partial charge in [0.1, 0.15) is 0 Å². The van der Waals surface area contributed by atoms with Gasteiger partial charge in [-0.05, 0) is 54.8 Å². The van der Waals surface area contributed by atoms with Crippen LogP contribution < -0.4 is 5.43 Å². The summed E-state index contributed by atoms with van der Waals surface area (Å²) in [5.41, 5.74) is 3.49. The van der Waals surface area contributed by atoms with Gasteiger partial charge in [-0.25, -0.2) is 5.01 Å². The second-order valence-electron chi connectivity index (χ2n) is 5.08. The van der Waals surface area contributed by atoms with Crippen LogP contribution in [0.4, 0.5) is 0 Å². The first kappa shape index (κ1) is 14.8. The number of carbonyl (C=O) groups is 1. The summed E-state index contributed by atoms with van der Waals surface area (Å²) in [6, 6.07) is 6.10. The number of hydrogen-bond acceptors (Lipinski definition) is 2. The number of nitrogens with zero attached hydrogens (tertiary/aromatic N) is 1. The molecule has 0 bridgehead atoms. The number of amides is 1. The summed E-state index contributed by atoms with van der Waals surface area (Å²) in [6.45, 7) is 4.27. The van der Waals surface area contributed by atoms with Crippen LogP contribution >= 0.6 is 27.5 Å². The average molecular weight is 346 g/mol. The number of hydrogen-bond donors (Lipinski definition) is 1. The molecular weight excluding hydrogens is 328 g/mol. The fourth-order valence-corrected chi connectivity index (χ4v) is 3.08. The first-order valence-corrected chi connectivity index (χ1v) is 7.71. The highest BCUT2D eigenvalue weighted by Gasteiger charge is 2.27. The van der Waals surface area contributed by atoms with Crippen LogP contribution in [0.2, 0.25) is 5.02 Å². The van der Waals surface area contributed by atoms with Crippen molar-refractivity contribution in [2.75, 3.05) is 0 Å². The van der Waals surface area contributed by atoms with Crippen molar-refractivity contribution in [2.45, 2.75) is 45.2 Å². The third-order valence-corrected chi connectivity index (χ3v) is 4.92. The van der Waals surface area contributed by atoms with E-state index in [-0.39, 0.29) is 5.91 Å². The lowest BCUT2D eigenvalue weighted by Crippen LogP contribution is -2.54. The molecule has 3 nitrogen and oxygen atoms in total. The molecular formula is C14H18BrClN2O. The van der Waals surface area contributed by atoms with E-state index >= 15 is 0 Å². The fourth-order valence-electron chi connectivity index (χ4n) is 2.50. The van der Waals surface area contributed by atoms with E-state index in [4.69, 9.17) is 11.6 Å². The minimum absolute atomic E-state index is 0.146. The highest BCUT2D eigenvalue weighted by atomic mass is 79.9. The molecule has 2 unspecified atom stereocenters. The summed E-state index contributed by atoms with van der Waals surface area (Å²) in [7, 11) is 0. The Morgan fingerprint density at radius 3 is 2.63 bits per heavy atom. The van der Waals surface area contributed by atoms with E-state index in [0.29, 0.717) is 22.7 Å². The zero-order valence-corrected chi connectivity index (χ0v) is 13.5. The van der Waals surface area contributed by atoms with Crippen molar-refractivity contribution in [3.05, 3.63) is 33.3 Å². The van der Waals surface area contributed by atoms with E-state index < -0.39 is 0 Å². The van der Waals surface area contributed by atoms with E-state index in [9.17, 15) is 4.79 Å². The first-order chi connectivity index (χ1) is 9.00. The van der Waals surface area contributed by atoms with Crippen LogP contribution in [0.25, 0.3) is 0 Å². The van der Waals surface area contributed by atoms with Gasteiger partial charge < -0.3 is 0 Å². The Balaban J connectivity index is 2.14. The number of benzene rings is 1. The Kier molecular flexibility index (Phi) is 4.87. The van der Waals surface area contributed by atoms with Crippen LogP contribution in [0.3, 0.4) is 0 Å². The molecule has 19 heavy (non-hydrogen) atoms. The number of hydrazine groups is 1. The van der Waals surface area contributed by atoms with Crippen LogP contribution in [0.1, 0.15) is 43.5 Å². The third kappa shape index (κ3) is 3.30. The normalized spacial score (nSPS) is 24.2. The highest BCUT2D eigenvalue weighted by molar-refractivity contribution is 9.10. The first-order valence-electron chi connectivity index (χ1n) is 6.54. The number of nitrogens with one attached hydrogen (secondary N) is 1. The molecule has 1 N–H and O–H groups in total. The number of carbonyl (C=O) groups excluding carboxylic acids is 1. The lowest BCUT2D eigenvalue weighted by Gasteiger charge is -2.38. The van der Waals surface area contributed by atoms with Gasteiger partial charge in [0, 0.05) is 16.6 Å². The predicted octanol–water partition coefficient (Wildman–Crippen LogP) is 4.01. The molecule has 1 amide bonds. The van der Waals surface area contributed by atoms with Gasteiger partial charge in [0.25, 0.3) is 5.91 Å². The van der Waals surface area contributed by atoms with Crippen LogP contribution in [0.5, 0.6) is 0 Å². The Morgan fingerprint density at radius 1 is 1.37 bits per heavy atom. The van der Waals surface area contributed by atoms with Crippen LogP contribution in [0.15, 0.2) is 22.7 Å². The second-order valence-corrected chi connectivity index (χ2v) is 6.31. The minimum atomic E-state index is -0.146. The molecule has 0 radical (unpaired) electrons. The van der Waals surface area contributed by atoms with Gasteiger partial charge in [-0.3, -0.25) is 10.2 Å². The fraction of sp³-hybridized carbons (Fsp3) is 0.500. The molecule has 1 fully saturated rings. The van der Waals surface area contributed by atoms with E-state index in [1.165, 1.54) is 6.42 Å². The van der Waals surface area contributed by atoms with E-state index in [2.05, 4.69) is 35.2 Å². The smallest absolute Gasteiger partial charge is 0.267 e. The van der Waals surface area contributed by atoms with Gasteiger partial charge in [-0.2, -0.15) is 0 Å². The maximum absolute atomic E-state index is 12.3. The minimum Gasteiger partial charge on any atom is -0.284 e. The van der Waals surface area contributed by atoms with Crippen LogP contribution in [-0.2, 0) is 0 Å². The molecule has 5 heteroatoms. The predicted molar refractivity (Wildman–Crippen MR) is 81.2 cm³/mol. The van der Waals surface area contributed by atoms with Crippen LogP contribution in [-0.4, -0.2) is 23.0 Å². The lowest BCUT2D eigenvalue weighted by molar-refractivity contribution is 0.0370. The molecule has 2 rings (SSSR count). The zero-order chi connectivity index (χ0) is 14.0. The molecule has 0 spiro atoms. The molecule has 1 aliphatic heterocycles. The third-order valence-electron chi connectivity index (χ3n) is 3.62. The van der Waals surface area contributed by atoms with E-state index in [1.54, 1.807) is 6.07 Å². The number of halogens is 2. The Morgan fingerprint density at radius 2 is 2.00 bits per heavy atom. The van der Waals surface area contributed by atoms with Gasteiger partial charge in [-0.1, -0.05) is 24.1 Å². The van der Waals surface area contributed by atoms with Gasteiger partial charge in [0.15, 0.2) is 0 Å². The van der Waals surface area contributed by atoms with Crippen molar-refractivity contribution in [3.8, 4) is 0 Å². The molecule has 1 aromatic carbocycles. The van der Waals surface area contributed by atoms with E-state index in [1.807, 2.05) is 17.1 Å². The molecule has 1 aliphatic rings. The van der Waals surface area contributed by atoms with Crippen molar-refractivity contribution >= 4 is 33.4 Å². The summed E-state index contributed by atoms with van der Waals surface area (Å²) in [5.74, 6) is -0.146. The second kappa shape index (κ2) is 6.25.